The molecule has 4 heterocycles. The second-order valence-electron chi connectivity index (χ2n) is 8.21. The summed E-state index contributed by atoms with van der Waals surface area (Å²) in [6.07, 6.45) is 2.20. The molecule has 2 aromatic heterocycles. The number of halogens is 2. The van der Waals surface area contributed by atoms with E-state index in [1.165, 1.54) is 12.3 Å². The average molecular weight is 444 g/mol. The van der Waals surface area contributed by atoms with Crippen LogP contribution in [0.25, 0.3) is 11.3 Å². The molecule has 0 N–H and O–H groups in total. The molecule has 1 atom stereocenters. The molecule has 2 aliphatic heterocycles. The lowest BCUT2D eigenvalue weighted by molar-refractivity contribution is -0.389. The van der Waals surface area contributed by atoms with Gasteiger partial charge in [0.05, 0.1) is 17.3 Å². The molecule has 0 saturated heterocycles. The first kappa shape index (κ1) is 19.9. The fraction of sp³-hybridized carbons (Fsp3) is 0.333. The van der Waals surface area contributed by atoms with Crippen LogP contribution in [0.15, 0.2) is 36.5 Å². The number of hydrogen-bond donors (Lipinski definition) is 0. The van der Waals surface area contributed by atoms with E-state index in [0.717, 1.165) is 42.0 Å². The van der Waals surface area contributed by atoms with Crippen LogP contribution in [0.5, 0.6) is 6.01 Å². The van der Waals surface area contributed by atoms with Gasteiger partial charge in [0.2, 0.25) is 0 Å². The fourth-order valence-corrected chi connectivity index (χ4v) is 4.44. The van der Waals surface area contributed by atoms with E-state index in [4.69, 9.17) is 21.3 Å². The molecule has 0 aliphatic carbocycles. The molecule has 1 aromatic carbocycles. The van der Waals surface area contributed by atoms with Crippen LogP contribution in [0.4, 0.5) is 10.2 Å². The van der Waals surface area contributed by atoms with Gasteiger partial charge >= 0.3 is 11.8 Å². The van der Waals surface area contributed by atoms with Gasteiger partial charge in [-0.3, -0.25) is 14.5 Å². The summed E-state index contributed by atoms with van der Waals surface area (Å²) in [5, 5.41) is 11.0. The van der Waals surface area contributed by atoms with Gasteiger partial charge in [0, 0.05) is 42.3 Å². The first-order valence-electron chi connectivity index (χ1n) is 9.87. The van der Waals surface area contributed by atoms with Gasteiger partial charge in [-0.05, 0) is 41.7 Å². The number of fused-ring (bicyclic) bond motifs is 2. The van der Waals surface area contributed by atoms with Crippen LogP contribution < -0.4 is 4.74 Å². The topological polar surface area (TPSA) is 86.3 Å². The normalized spacial score (nSPS) is 20.2. The molecule has 0 bridgehead atoms. The molecule has 0 fully saturated rings. The predicted octanol–water partition coefficient (Wildman–Crippen LogP) is 3.86. The molecule has 160 valence electrons. The van der Waals surface area contributed by atoms with Crippen LogP contribution in [0.1, 0.15) is 18.2 Å². The summed E-state index contributed by atoms with van der Waals surface area (Å²) < 4.78 is 21.1. The number of imidazole rings is 1. The minimum Gasteiger partial charge on any atom is -0.436 e. The summed E-state index contributed by atoms with van der Waals surface area (Å²) in [7, 11) is 0. The van der Waals surface area contributed by atoms with Crippen LogP contribution in [-0.2, 0) is 19.5 Å². The van der Waals surface area contributed by atoms with Gasteiger partial charge in [0.15, 0.2) is 0 Å². The van der Waals surface area contributed by atoms with E-state index in [9.17, 15) is 14.5 Å². The van der Waals surface area contributed by atoms with Gasteiger partial charge < -0.3 is 14.9 Å². The van der Waals surface area contributed by atoms with Gasteiger partial charge in [-0.15, -0.1) is 0 Å². The lowest BCUT2D eigenvalue weighted by Gasteiger charge is -2.34. The number of hydrogen-bond acceptors (Lipinski definition) is 6. The fourth-order valence-electron chi connectivity index (χ4n) is 4.26. The van der Waals surface area contributed by atoms with E-state index in [-0.39, 0.29) is 16.9 Å². The highest BCUT2D eigenvalue weighted by Gasteiger charge is 2.41. The Morgan fingerprint density at radius 3 is 2.90 bits per heavy atom. The van der Waals surface area contributed by atoms with Gasteiger partial charge in [0.1, 0.15) is 17.6 Å². The van der Waals surface area contributed by atoms with E-state index in [2.05, 4.69) is 9.88 Å². The van der Waals surface area contributed by atoms with Gasteiger partial charge in [-0.1, -0.05) is 17.7 Å². The molecule has 0 unspecified atom stereocenters. The van der Waals surface area contributed by atoms with Gasteiger partial charge in [0.25, 0.3) is 0 Å². The Hall–Kier alpha value is -3.04. The zero-order valence-electron chi connectivity index (χ0n) is 16.7. The SMILES string of the molecule is C[C@]1(CN2CCc3nc(-c4ccc(F)c(Cl)c4)ccc3C2)Cn2cc([N+](=O)[O-])nc2O1. The summed E-state index contributed by atoms with van der Waals surface area (Å²) in [6, 6.07) is 8.88. The third-order valence-corrected chi connectivity index (χ3v) is 5.95. The number of nitro groups is 1. The van der Waals surface area contributed by atoms with Crippen molar-refractivity contribution < 1.29 is 14.1 Å². The smallest absolute Gasteiger partial charge is 0.415 e. The van der Waals surface area contributed by atoms with Crippen molar-refractivity contribution in [2.24, 2.45) is 0 Å². The van der Waals surface area contributed by atoms with Crippen molar-refractivity contribution in [1.29, 1.82) is 0 Å². The molecule has 0 amide bonds. The Labute approximate surface area is 182 Å². The van der Waals surface area contributed by atoms with E-state index < -0.39 is 16.3 Å². The first-order valence-corrected chi connectivity index (χ1v) is 10.2. The van der Waals surface area contributed by atoms with Crippen molar-refractivity contribution in [1.82, 2.24) is 19.4 Å². The summed E-state index contributed by atoms with van der Waals surface area (Å²) >= 11 is 5.91. The Balaban J connectivity index is 1.28. The van der Waals surface area contributed by atoms with E-state index in [1.54, 1.807) is 16.7 Å². The third kappa shape index (κ3) is 3.75. The average Bonchev–Trinajstić information content (AvgIpc) is 3.24. The Kier molecular flexibility index (Phi) is 4.67. The maximum atomic E-state index is 13.4. The predicted molar refractivity (Wildman–Crippen MR) is 112 cm³/mol. The van der Waals surface area contributed by atoms with Crippen LogP contribution >= 0.6 is 11.6 Å². The lowest BCUT2D eigenvalue weighted by atomic mass is 10.0. The van der Waals surface area contributed by atoms with E-state index in [0.29, 0.717) is 13.1 Å². The highest BCUT2D eigenvalue weighted by Crippen LogP contribution is 2.33. The van der Waals surface area contributed by atoms with Crippen molar-refractivity contribution in [3.05, 3.63) is 68.7 Å². The molecule has 2 aliphatic rings. The molecule has 10 heteroatoms. The molecular formula is C21H19ClFN5O3. The van der Waals surface area contributed by atoms with E-state index >= 15 is 0 Å². The second kappa shape index (κ2) is 7.28. The minimum absolute atomic E-state index is 0.0818. The van der Waals surface area contributed by atoms with Gasteiger partial charge in [-0.2, -0.15) is 0 Å². The van der Waals surface area contributed by atoms with Crippen LogP contribution in [0, 0.1) is 15.9 Å². The monoisotopic (exact) mass is 443 g/mol. The highest BCUT2D eigenvalue weighted by atomic mass is 35.5. The molecule has 3 aromatic rings. The van der Waals surface area contributed by atoms with Crippen LogP contribution in [0.2, 0.25) is 5.02 Å². The van der Waals surface area contributed by atoms with Crippen molar-refractivity contribution in [3.63, 3.8) is 0 Å². The van der Waals surface area contributed by atoms with Crippen molar-refractivity contribution in [2.75, 3.05) is 13.1 Å². The number of ether oxygens (including phenoxy) is 1. The molecule has 0 spiro atoms. The number of benzene rings is 1. The summed E-state index contributed by atoms with van der Waals surface area (Å²) in [5.41, 5.74) is 3.21. The molecule has 31 heavy (non-hydrogen) atoms. The summed E-state index contributed by atoms with van der Waals surface area (Å²) in [4.78, 5) is 21.4. The number of rotatable bonds is 4. The number of aromatic nitrogens is 3. The Bertz CT molecular complexity index is 1170. The molecular weight excluding hydrogens is 425 g/mol. The maximum Gasteiger partial charge on any atom is 0.415 e. The minimum atomic E-state index is -0.519. The third-order valence-electron chi connectivity index (χ3n) is 5.66. The quantitative estimate of drug-likeness (QED) is 0.449. The zero-order chi connectivity index (χ0) is 21.8. The number of nitrogens with zero attached hydrogens (tertiary/aromatic N) is 5. The first-order chi connectivity index (χ1) is 14.8. The van der Waals surface area contributed by atoms with Crippen molar-refractivity contribution in [3.8, 4) is 17.3 Å². The van der Waals surface area contributed by atoms with Crippen LogP contribution in [0.3, 0.4) is 0 Å². The molecule has 0 radical (unpaired) electrons. The largest absolute Gasteiger partial charge is 0.436 e. The second-order valence-corrected chi connectivity index (χ2v) is 8.62. The van der Waals surface area contributed by atoms with E-state index in [1.807, 2.05) is 19.1 Å². The van der Waals surface area contributed by atoms with Crippen molar-refractivity contribution in [2.45, 2.75) is 32.0 Å². The Morgan fingerprint density at radius 2 is 2.16 bits per heavy atom. The maximum absolute atomic E-state index is 13.4. The van der Waals surface area contributed by atoms with Crippen LogP contribution in [-0.4, -0.2) is 43.0 Å². The molecule has 8 nitrogen and oxygen atoms in total. The Morgan fingerprint density at radius 1 is 1.32 bits per heavy atom. The van der Waals surface area contributed by atoms with Crippen molar-refractivity contribution >= 4 is 17.4 Å². The number of pyridine rings is 1. The molecule has 5 rings (SSSR count). The lowest BCUT2D eigenvalue weighted by Crippen LogP contribution is -2.46. The zero-order valence-corrected chi connectivity index (χ0v) is 17.5. The summed E-state index contributed by atoms with van der Waals surface area (Å²) in [6.45, 7) is 4.71. The standard InChI is InChI=1S/C21H19ClFN5O3/c1-21(12-27-10-19(28(29)30)25-20(27)31-21)11-26-7-6-18-14(9-26)3-5-17(24-18)13-2-4-16(23)15(22)8-13/h2-5,8,10H,6-7,9,11-12H2,1H3/t21-/m0/s1. The highest BCUT2D eigenvalue weighted by molar-refractivity contribution is 6.31. The molecule has 0 saturated carbocycles. The summed E-state index contributed by atoms with van der Waals surface area (Å²) in [5.74, 6) is -0.647. The van der Waals surface area contributed by atoms with Gasteiger partial charge in [-0.25, -0.2) is 4.39 Å².